The highest BCUT2D eigenvalue weighted by molar-refractivity contribution is 7.81. The van der Waals surface area contributed by atoms with Crippen LogP contribution in [0.3, 0.4) is 0 Å². The van der Waals surface area contributed by atoms with E-state index in [9.17, 15) is 19.7 Å². The number of hydrogen-bond acceptors (Lipinski definition) is 4. The molecule has 22 heavy (non-hydrogen) atoms. The van der Waals surface area contributed by atoms with Crippen LogP contribution in [0.4, 0.5) is 0 Å². The number of nitrogens with one attached hydrogen (secondary N) is 1. The van der Waals surface area contributed by atoms with Crippen molar-refractivity contribution in [2.45, 2.75) is 64.7 Å². The van der Waals surface area contributed by atoms with Crippen molar-refractivity contribution in [3.05, 3.63) is 11.6 Å². The third kappa shape index (κ3) is 6.55. The molecule has 1 aliphatic carbocycles. The van der Waals surface area contributed by atoms with Gasteiger partial charge in [-0.15, -0.1) is 0 Å². The minimum absolute atomic E-state index is 0.0606. The van der Waals surface area contributed by atoms with Gasteiger partial charge in [0.2, 0.25) is 5.45 Å². The Morgan fingerprint density at radius 2 is 1.86 bits per heavy atom. The van der Waals surface area contributed by atoms with Gasteiger partial charge in [-0.3, -0.25) is 5.41 Å². The van der Waals surface area contributed by atoms with E-state index in [2.05, 4.69) is 0 Å². The summed E-state index contributed by atoms with van der Waals surface area (Å²) in [6.07, 6.45) is 9.72. The molecular formula is C16H29NO4P+. The van der Waals surface area contributed by atoms with Crippen LogP contribution in [0.15, 0.2) is 11.6 Å². The third-order valence-corrected chi connectivity index (χ3v) is 6.07. The van der Waals surface area contributed by atoms with Crippen LogP contribution >= 0.6 is 7.72 Å². The number of rotatable bonds is 9. The second kappa shape index (κ2) is 9.39. The molecule has 0 aromatic heterocycles. The maximum Gasteiger partial charge on any atom is 0.335 e. The fourth-order valence-electron chi connectivity index (χ4n) is 2.83. The summed E-state index contributed by atoms with van der Waals surface area (Å²) in [5.74, 6) is -0.881. The number of allylic oxidation sites excluding steroid dienone is 1. The Hall–Kier alpha value is -0.770. The summed E-state index contributed by atoms with van der Waals surface area (Å²) in [7, 11) is -3.62. The highest BCUT2D eigenvalue weighted by atomic mass is 31.2. The predicted octanol–water partition coefficient (Wildman–Crippen LogP) is 3.97. The van der Waals surface area contributed by atoms with Crippen molar-refractivity contribution in [2.75, 3.05) is 6.16 Å². The second-order valence-corrected chi connectivity index (χ2v) is 8.50. The zero-order valence-corrected chi connectivity index (χ0v) is 14.3. The van der Waals surface area contributed by atoms with Gasteiger partial charge in [-0.25, -0.2) is 14.6 Å². The molecule has 0 amide bonds. The smallest absolute Gasteiger partial charge is 0.335 e. The molecule has 0 aromatic carbocycles. The SMILES string of the molecule is CCCCCC(=N)[P+](O)(O)CC(=CC1CCCCC1)C(=O)O. The average molecular weight is 330 g/mol. The zero-order valence-electron chi connectivity index (χ0n) is 13.4. The molecule has 1 rings (SSSR count). The fraction of sp³-hybridized carbons (Fsp3) is 0.750. The van der Waals surface area contributed by atoms with E-state index in [1.165, 1.54) is 6.42 Å². The lowest BCUT2D eigenvalue weighted by Gasteiger charge is -2.19. The fourth-order valence-corrected chi connectivity index (χ4v) is 4.25. The molecule has 1 aliphatic rings. The minimum atomic E-state index is -3.62. The Balaban J connectivity index is 2.69. The molecule has 1 fully saturated rings. The number of carboxylic acid groups (broad SMARTS) is 1. The molecule has 0 atom stereocenters. The molecule has 0 radical (unpaired) electrons. The van der Waals surface area contributed by atoms with Gasteiger partial charge in [-0.1, -0.05) is 45.1 Å². The minimum Gasteiger partial charge on any atom is -0.478 e. The van der Waals surface area contributed by atoms with Gasteiger partial charge >= 0.3 is 13.7 Å². The molecule has 0 unspecified atom stereocenters. The van der Waals surface area contributed by atoms with Gasteiger partial charge in [-0.2, -0.15) is 0 Å². The van der Waals surface area contributed by atoms with E-state index in [0.717, 1.165) is 44.9 Å². The number of aliphatic carboxylic acids is 1. The highest BCUT2D eigenvalue weighted by Gasteiger charge is 2.42. The molecule has 0 spiro atoms. The van der Waals surface area contributed by atoms with Crippen LogP contribution in [-0.4, -0.2) is 32.5 Å². The van der Waals surface area contributed by atoms with Gasteiger partial charge in [-0.05, 0) is 25.2 Å². The van der Waals surface area contributed by atoms with Crippen molar-refractivity contribution in [1.82, 2.24) is 0 Å². The maximum atomic E-state index is 11.4. The molecule has 0 aromatic rings. The first kappa shape index (κ1) is 19.3. The van der Waals surface area contributed by atoms with Crippen molar-refractivity contribution in [3.63, 3.8) is 0 Å². The normalized spacial score (nSPS) is 17.5. The van der Waals surface area contributed by atoms with Crippen LogP contribution in [0.1, 0.15) is 64.7 Å². The van der Waals surface area contributed by atoms with E-state index < -0.39 is 13.7 Å². The number of unbranched alkanes of at least 4 members (excludes halogenated alkanes) is 2. The summed E-state index contributed by atoms with van der Waals surface area (Å²) >= 11 is 0. The summed E-state index contributed by atoms with van der Waals surface area (Å²) in [5, 5.41) is 17.2. The molecule has 4 N–H and O–H groups in total. The number of carbonyl (C=O) groups is 1. The Bertz CT molecular complexity index is 414. The quantitative estimate of drug-likeness (QED) is 0.222. The van der Waals surface area contributed by atoms with E-state index in [4.69, 9.17) is 5.41 Å². The summed E-state index contributed by atoms with van der Waals surface area (Å²) in [5.41, 5.74) is -0.0257. The van der Waals surface area contributed by atoms with Crippen LogP contribution < -0.4 is 0 Å². The van der Waals surface area contributed by atoms with Crippen LogP contribution in [-0.2, 0) is 4.79 Å². The van der Waals surface area contributed by atoms with Crippen LogP contribution in [0.2, 0.25) is 0 Å². The number of hydrogen-bond donors (Lipinski definition) is 4. The lowest BCUT2D eigenvalue weighted by molar-refractivity contribution is -0.132. The van der Waals surface area contributed by atoms with Gasteiger partial charge in [0.05, 0.1) is 5.57 Å². The third-order valence-electron chi connectivity index (χ3n) is 4.20. The topological polar surface area (TPSA) is 102 Å². The first-order chi connectivity index (χ1) is 10.4. The van der Waals surface area contributed by atoms with E-state index >= 15 is 0 Å². The summed E-state index contributed by atoms with van der Waals surface area (Å²) in [6, 6.07) is 0. The van der Waals surface area contributed by atoms with Crippen molar-refractivity contribution in [2.24, 2.45) is 5.92 Å². The first-order valence-electron chi connectivity index (χ1n) is 8.22. The molecule has 1 saturated carbocycles. The molecule has 0 saturated heterocycles. The standard InChI is InChI=1S/C16H28NO4P/c1-2-3-5-10-15(17)22(20,21)12-14(16(18)19)11-13-8-6-4-7-9-13/h11,13,17,20-21H,2-10,12H2,1H3/p+1. The van der Waals surface area contributed by atoms with Gasteiger partial charge in [0.25, 0.3) is 0 Å². The van der Waals surface area contributed by atoms with Crippen molar-refractivity contribution >= 4 is 19.1 Å². The first-order valence-corrected chi connectivity index (χ1v) is 10.1. The highest BCUT2D eigenvalue weighted by Crippen LogP contribution is 2.53. The second-order valence-electron chi connectivity index (χ2n) is 6.19. The van der Waals surface area contributed by atoms with E-state index in [1.807, 2.05) is 6.92 Å². The van der Waals surface area contributed by atoms with Gasteiger partial charge in [0.15, 0.2) is 0 Å². The van der Waals surface area contributed by atoms with Crippen LogP contribution in [0.5, 0.6) is 0 Å². The van der Waals surface area contributed by atoms with Crippen molar-refractivity contribution < 1.29 is 19.7 Å². The van der Waals surface area contributed by atoms with E-state index in [-0.39, 0.29) is 23.1 Å². The van der Waals surface area contributed by atoms with E-state index in [0.29, 0.717) is 6.42 Å². The maximum absolute atomic E-state index is 11.4. The monoisotopic (exact) mass is 330 g/mol. The lowest BCUT2D eigenvalue weighted by Crippen LogP contribution is -2.16. The summed E-state index contributed by atoms with van der Waals surface area (Å²) in [6.45, 7) is 2.04. The van der Waals surface area contributed by atoms with Crippen LogP contribution in [0.25, 0.3) is 0 Å². The van der Waals surface area contributed by atoms with E-state index in [1.54, 1.807) is 6.08 Å². The van der Waals surface area contributed by atoms with Gasteiger partial charge < -0.3 is 5.11 Å². The van der Waals surface area contributed by atoms with Crippen LogP contribution in [0, 0.1) is 11.3 Å². The Morgan fingerprint density at radius 1 is 1.23 bits per heavy atom. The molecule has 0 bridgehead atoms. The Morgan fingerprint density at radius 3 is 2.41 bits per heavy atom. The average Bonchev–Trinajstić information content (AvgIpc) is 2.47. The van der Waals surface area contributed by atoms with Gasteiger partial charge in [0, 0.05) is 6.42 Å². The zero-order chi connectivity index (χ0) is 16.6. The lowest BCUT2D eigenvalue weighted by atomic mass is 9.88. The Labute approximate surface area is 133 Å². The summed E-state index contributed by atoms with van der Waals surface area (Å²) < 4.78 is 0. The molecule has 126 valence electrons. The Kier molecular flexibility index (Phi) is 8.23. The molecule has 0 heterocycles. The molecule has 6 heteroatoms. The largest absolute Gasteiger partial charge is 0.478 e. The molecular weight excluding hydrogens is 301 g/mol. The molecule has 5 nitrogen and oxygen atoms in total. The molecule has 0 aliphatic heterocycles. The summed E-state index contributed by atoms with van der Waals surface area (Å²) in [4.78, 5) is 31.7. The number of carboxylic acids is 1. The van der Waals surface area contributed by atoms with Gasteiger partial charge in [0.1, 0.15) is 6.16 Å². The van der Waals surface area contributed by atoms with Crippen molar-refractivity contribution in [3.8, 4) is 0 Å². The van der Waals surface area contributed by atoms with Crippen molar-refractivity contribution in [1.29, 1.82) is 5.41 Å². The predicted molar refractivity (Wildman–Crippen MR) is 90.4 cm³/mol.